The Labute approximate surface area is 124 Å². The number of aromatic carboxylic acids is 1. The number of carboxylic acid groups (broad SMARTS) is 1. The molecule has 4 N–H and O–H groups in total. The van der Waals surface area contributed by atoms with Crippen LogP contribution >= 0.6 is 15.9 Å². The van der Waals surface area contributed by atoms with E-state index in [9.17, 15) is 4.79 Å². The van der Waals surface area contributed by atoms with Crippen LogP contribution in [0.1, 0.15) is 10.4 Å². The number of nitrogens with two attached hydrogens (primary N) is 1. The molecule has 0 aliphatic carbocycles. The lowest BCUT2D eigenvalue weighted by atomic mass is 10.1. The average Bonchev–Trinajstić information content (AvgIpc) is 2.40. The molecular weight excluding hydrogens is 324 g/mol. The van der Waals surface area contributed by atoms with Crippen molar-refractivity contribution in [1.29, 1.82) is 0 Å². The minimum Gasteiger partial charge on any atom is -0.497 e. The van der Waals surface area contributed by atoms with Gasteiger partial charge in [-0.1, -0.05) is 15.9 Å². The van der Waals surface area contributed by atoms with Crippen LogP contribution in [0.4, 0.5) is 17.1 Å². The van der Waals surface area contributed by atoms with Crippen LogP contribution in [0.3, 0.4) is 0 Å². The second-order valence-corrected chi connectivity index (χ2v) is 5.03. The van der Waals surface area contributed by atoms with Gasteiger partial charge in [-0.15, -0.1) is 0 Å². The van der Waals surface area contributed by atoms with Crippen LogP contribution in [-0.2, 0) is 0 Å². The van der Waals surface area contributed by atoms with E-state index in [4.69, 9.17) is 15.6 Å². The van der Waals surface area contributed by atoms with Crippen molar-refractivity contribution >= 4 is 39.0 Å². The summed E-state index contributed by atoms with van der Waals surface area (Å²) in [7, 11) is 1.58. The van der Waals surface area contributed by atoms with Crippen LogP contribution < -0.4 is 15.8 Å². The largest absolute Gasteiger partial charge is 0.497 e. The average molecular weight is 337 g/mol. The topological polar surface area (TPSA) is 84.6 Å². The minimum absolute atomic E-state index is 0.153. The number of anilines is 3. The Balaban J connectivity index is 2.30. The van der Waals surface area contributed by atoms with Gasteiger partial charge in [0.2, 0.25) is 0 Å². The van der Waals surface area contributed by atoms with Gasteiger partial charge >= 0.3 is 5.97 Å². The molecule has 0 bridgehead atoms. The molecule has 6 heteroatoms. The van der Waals surface area contributed by atoms with E-state index in [0.29, 0.717) is 17.1 Å². The fraction of sp³-hybridized carbons (Fsp3) is 0.0714. The summed E-state index contributed by atoms with van der Waals surface area (Å²) in [5.74, 6) is -0.310. The maximum absolute atomic E-state index is 10.9. The van der Waals surface area contributed by atoms with Gasteiger partial charge in [0.25, 0.3) is 0 Å². The van der Waals surface area contributed by atoms with Gasteiger partial charge < -0.3 is 20.9 Å². The van der Waals surface area contributed by atoms with Gasteiger partial charge in [0.15, 0.2) is 0 Å². The Bertz CT molecular complexity index is 659. The smallest absolute Gasteiger partial charge is 0.335 e. The highest BCUT2D eigenvalue weighted by molar-refractivity contribution is 9.10. The van der Waals surface area contributed by atoms with E-state index < -0.39 is 5.97 Å². The zero-order valence-electron chi connectivity index (χ0n) is 10.7. The normalized spacial score (nSPS) is 10.1. The molecule has 0 atom stereocenters. The van der Waals surface area contributed by atoms with E-state index in [0.717, 1.165) is 10.2 Å². The zero-order chi connectivity index (χ0) is 14.7. The number of methoxy groups -OCH3 is 1. The third-order valence-corrected chi connectivity index (χ3v) is 3.14. The van der Waals surface area contributed by atoms with E-state index >= 15 is 0 Å². The Kier molecular flexibility index (Phi) is 4.14. The molecule has 0 radical (unpaired) electrons. The number of halogens is 1. The summed E-state index contributed by atoms with van der Waals surface area (Å²) < 4.78 is 6.04. The van der Waals surface area contributed by atoms with E-state index in [-0.39, 0.29) is 5.56 Å². The molecule has 0 aliphatic heterocycles. The first kappa shape index (κ1) is 14.2. The molecule has 2 rings (SSSR count). The molecule has 2 aromatic carbocycles. The molecule has 0 fully saturated rings. The minimum atomic E-state index is -1.01. The summed E-state index contributed by atoms with van der Waals surface area (Å²) in [5, 5.41) is 12.0. The van der Waals surface area contributed by atoms with Gasteiger partial charge in [0.05, 0.1) is 24.0 Å². The number of nitrogens with one attached hydrogen (secondary N) is 1. The van der Waals surface area contributed by atoms with Crippen molar-refractivity contribution in [3.05, 3.63) is 46.4 Å². The maximum Gasteiger partial charge on any atom is 0.335 e. The molecule has 0 saturated heterocycles. The number of ether oxygens (including phenoxy) is 1. The van der Waals surface area contributed by atoms with Crippen molar-refractivity contribution < 1.29 is 14.6 Å². The summed E-state index contributed by atoms with van der Waals surface area (Å²) in [6, 6.07) is 10.1. The Hall–Kier alpha value is -2.21. The Morgan fingerprint density at radius 2 is 2.05 bits per heavy atom. The van der Waals surface area contributed by atoms with Crippen LogP contribution in [0.15, 0.2) is 40.9 Å². The van der Waals surface area contributed by atoms with E-state index in [1.165, 1.54) is 12.1 Å². The fourth-order valence-corrected chi connectivity index (χ4v) is 2.19. The maximum atomic E-state index is 10.9. The van der Waals surface area contributed by atoms with Crippen molar-refractivity contribution in [2.24, 2.45) is 0 Å². The van der Waals surface area contributed by atoms with Gasteiger partial charge in [-0.25, -0.2) is 4.79 Å². The number of benzene rings is 2. The lowest BCUT2D eigenvalue weighted by Crippen LogP contribution is -2.01. The monoisotopic (exact) mass is 336 g/mol. The van der Waals surface area contributed by atoms with Crippen molar-refractivity contribution in [2.45, 2.75) is 0 Å². The van der Waals surface area contributed by atoms with Crippen molar-refractivity contribution in [3.63, 3.8) is 0 Å². The van der Waals surface area contributed by atoms with Gasteiger partial charge in [0, 0.05) is 16.2 Å². The molecule has 20 heavy (non-hydrogen) atoms. The predicted octanol–water partition coefficient (Wildman–Crippen LogP) is 3.48. The van der Waals surface area contributed by atoms with Crippen molar-refractivity contribution in [1.82, 2.24) is 0 Å². The highest BCUT2D eigenvalue weighted by atomic mass is 79.9. The Morgan fingerprint density at radius 3 is 2.65 bits per heavy atom. The van der Waals surface area contributed by atoms with Gasteiger partial charge in [-0.05, 0) is 30.3 Å². The van der Waals surface area contributed by atoms with Gasteiger partial charge in [0.1, 0.15) is 5.75 Å². The summed E-state index contributed by atoms with van der Waals surface area (Å²) in [6.07, 6.45) is 0. The Morgan fingerprint density at radius 1 is 1.30 bits per heavy atom. The van der Waals surface area contributed by atoms with Crippen molar-refractivity contribution in [3.8, 4) is 5.75 Å². The van der Waals surface area contributed by atoms with E-state index in [1.54, 1.807) is 13.2 Å². The van der Waals surface area contributed by atoms with Gasteiger partial charge in [-0.3, -0.25) is 0 Å². The number of hydrogen-bond acceptors (Lipinski definition) is 4. The first-order chi connectivity index (χ1) is 9.49. The van der Waals surface area contributed by atoms with Crippen LogP contribution in [0.2, 0.25) is 0 Å². The molecule has 0 aromatic heterocycles. The van der Waals surface area contributed by atoms with Crippen molar-refractivity contribution in [2.75, 3.05) is 18.2 Å². The molecule has 0 heterocycles. The van der Waals surface area contributed by atoms with Crippen LogP contribution in [-0.4, -0.2) is 18.2 Å². The molecule has 2 aromatic rings. The van der Waals surface area contributed by atoms with Gasteiger partial charge in [-0.2, -0.15) is 0 Å². The first-order valence-corrected chi connectivity index (χ1v) is 6.53. The first-order valence-electron chi connectivity index (χ1n) is 5.74. The number of rotatable bonds is 4. The fourth-order valence-electron chi connectivity index (χ4n) is 1.72. The summed E-state index contributed by atoms with van der Waals surface area (Å²) in [6.45, 7) is 0. The standard InChI is InChI=1S/C14H13BrN2O3/c1-20-11-6-9(15)5-10(7-11)17-13-3-2-8(14(18)19)4-12(13)16/h2-7,17H,16H2,1H3,(H,18,19). The SMILES string of the molecule is COc1cc(Br)cc(Nc2ccc(C(=O)O)cc2N)c1. The number of nitrogen functional groups attached to an aromatic ring is 1. The molecular formula is C14H13BrN2O3. The van der Waals surface area contributed by atoms with E-state index in [1.807, 2.05) is 18.2 Å². The summed E-state index contributed by atoms with van der Waals surface area (Å²) in [4.78, 5) is 10.9. The predicted molar refractivity (Wildman–Crippen MR) is 81.8 cm³/mol. The highest BCUT2D eigenvalue weighted by Crippen LogP contribution is 2.29. The lowest BCUT2D eigenvalue weighted by molar-refractivity contribution is 0.0697. The third-order valence-electron chi connectivity index (χ3n) is 2.68. The molecule has 0 spiro atoms. The molecule has 0 amide bonds. The second kappa shape index (κ2) is 5.83. The highest BCUT2D eigenvalue weighted by Gasteiger charge is 2.07. The number of hydrogen-bond donors (Lipinski definition) is 3. The lowest BCUT2D eigenvalue weighted by Gasteiger charge is -2.11. The molecule has 5 nitrogen and oxygen atoms in total. The summed E-state index contributed by atoms with van der Waals surface area (Å²) in [5.41, 5.74) is 7.78. The van der Waals surface area contributed by atoms with Crippen LogP contribution in [0, 0.1) is 0 Å². The zero-order valence-corrected chi connectivity index (χ0v) is 12.3. The number of carbonyl (C=O) groups is 1. The van der Waals surface area contributed by atoms with Crippen LogP contribution in [0.25, 0.3) is 0 Å². The van der Waals surface area contributed by atoms with Crippen LogP contribution in [0.5, 0.6) is 5.75 Å². The molecule has 0 unspecified atom stereocenters. The quantitative estimate of drug-likeness (QED) is 0.744. The molecule has 0 saturated carbocycles. The third kappa shape index (κ3) is 3.21. The molecule has 0 aliphatic rings. The summed E-state index contributed by atoms with van der Waals surface area (Å²) >= 11 is 3.39. The molecule has 104 valence electrons. The second-order valence-electron chi connectivity index (χ2n) is 4.11. The van der Waals surface area contributed by atoms with E-state index in [2.05, 4.69) is 21.2 Å². The number of carboxylic acids is 1.